The van der Waals surface area contributed by atoms with Crippen molar-refractivity contribution in [1.82, 2.24) is 20.1 Å². The van der Waals surface area contributed by atoms with Crippen molar-refractivity contribution >= 4 is 6.09 Å². The largest absolute Gasteiger partial charge is 0.471 e. The number of pyridine rings is 1. The van der Waals surface area contributed by atoms with Gasteiger partial charge < -0.3 is 14.8 Å². The predicted octanol–water partition coefficient (Wildman–Crippen LogP) is 4.39. The number of benzene rings is 1. The maximum atomic E-state index is 13.4. The molecule has 3 rings (SSSR count). The SMILES string of the molecule is Cc1nccc(-c2cn(C)nc2-c2ccc(F)cc2)c1OC(C#N)CNC(=O)OC(C)(C)C. The van der Waals surface area contributed by atoms with E-state index in [9.17, 15) is 14.4 Å². The summed E-state index contributed by atoms with van der Waals surface area (Å²) in [6.45, 7) is 6.95. The molecule has 33 heavy (non-hydrogen) atoms. The minimum Gasteiger partial charge on any atom is -0.471 e. The fourth-order valence-electron chi connectivity index (χ4n) is 3.17. The van der Waals surface area contributed by atoms with Crippen LogP contribution in [0.15, 0.2) is 42.7 Å². The number of aryl methyl sites for hydroxylation is 2. The Morgan fingerprint density at radius 1 is 1.24 bits per heavy atom. The van der Waals surface area contributed by atoms with Crippen LogP contribution < -0.4 is 10.1 Å². The maximum Gasteiger partial charge on any atom is 0.407 e. The zero-order chi connectivity index (χ0) is 24.2. The van der Waals surface area contributed by atoms with E-state index in [-0.39, 0.29) is 12.4 Å². The molecule has 2 aromatic heterocycles. The van der Waals surface area contributed by atoms with Crippen molar-refractivity contribution in [3.8, 4) is 34.2 Å². The number of halogens is 1. The van der Waals surface area contributed by atoms with E-state index in [4.69, 9.17) is 9.47 Å². The molecule has 9 heteroatoms. The first kappa shape index (κ1) is 23.7. The van der Waals surface area contributed by atoms with Crippen LogP contribution in [0.25, 0.3) is 22.4 Å². The molecule has 0 radical (unpaired) electrons. The number of nitrogens with zero attached hydrogens (tertiary/aromatic N) is 4. The molecule has 0 saturated heterocycles. The van der Waals surface area contributed by atoms with Crippen LogP contribution in [-0.2, 0) is 11.8 Å². The number of ether oxygens (including phenoxy) is 2. The zero-order valence-electron chi connectivity index (χ0n) is 19.2. The Labute approximate surface area is 192 Å². The lowest BCUT2D eigenvalue weighted by molar-refractivity contribution is 0.0511. The molecule has 2 heterocycles. The summed E-state index contributed by atoms with van der Waals surface area (Å²) in [7, 11) is 1.79. The molecule has 0 fully saturated rings. The highest BCUT2D eigenvalue weighted by Crippen LogP contribution is 2.38. The highest BCUT2D eigenvalue weighted by Gasteiger charge is 2.22. The Morgan fingerprint density at radius 2 is 1.94 bits per heavy atom. The van der Waals surface area contributed by atoms with Crippen molar-refractivity contribution in [3.05, 3.63) is 54.2 Å². The van der Waals surface area contributed by atoms with E-state index in [2.05, 4.69) is 15.4 Å². The van der Waals surface area contributed by atoms with Crippen LogP contribution in [0, 0.1) is 24.1 Å². The van der Waals surface area contributed by atoms with E-state index in [0.29, 0.717) is 22.7 Å². The summed E-state index contributed by atoms with van der Waals surface area (Å²) in [4.78, 5) is 16.3. The zero-order valence-corrected chi connectivity index (χ0v) is 19.2. The quantitative estimate of drug-likeness (QED) is 0.596. The van der Waals surface area contributed by atoms with E-state index in [1.165, 1.54) is 12.1 Å². The summed E-state index contributed by atoms with van der Waals surface area (Å²) in [6, 6.07) is 9.86. The van der Waals surface area contributed by atoms with Crippen molar-refractivity contribution in [2.24, 2.45) is 7.05 Å². The smallest absolute Gasteiger partial charge is 0.407 e. The lowest BCUT2D eigenvalue weighted by Gasteiger charge is -2.21. The Bertz CT molecular complexity index is 1180. The molecule has 0 aliphatic carbocycles. The summed E-state index contributed by atoms with van der Waals surface area (Å²) in [5, 5.41) is 16.7. The number of carbonyl (C=O) groups excluding carboxylic acids is 1. The Balaban J connectivity index is 1.91. The highest BCUT2D eigenvalue weighted by molar-refractivity contribution is 5.83. The number of nitriles is 1. The van der Waals surface area contributed by atoms with Gasteiger partial charge in [-0.15, -0.1) is 0 Å². The molecule has 3 aromatic rings. The molecule has 0 bridgehead atoms. The molecule has 1 amide bonds. The first-order valence-corrected chi connectivity index (χ1v) is 10.4. The standard InChI is InChI=1S/C24H26FN5O3/c1-15-22(32-18(12-26)13-28-23(31)33-24(2,3)4)19(10-11-27-15)20-14-30(5)29-21(20)16-6-8-17(25)9-7-16/h6-11,14,18H,13H2,1-5H3,(H,28,31). The molecular weight excluding hydrogens is 425 g/mol. The third kappa shape index (κ3) is 6.07. The van der Waals surface area contributed by atoms with Crippen molar-refractivity contribution in [2.45, 2.75) is 39.4 Å². The average Bonchev–Trinajstić information content (AvgIpc) is 3.12. The first-order valence-electron chi connectivity index (χ1n) is 10.4. The molecule has 1 N–H and O–H groups in total. The number of nitrogens with one attached hydrogen (secondary N) is 1. The van der Waals surface area contributed by atoms with E-state index in [0.717, 1.165) is 11.1 Å². The van der Waals surface area contributed by atoms with Crippen LogP contribution in [0.2, 0.25) is 0 Å². The molecular formula is C24H26FN5O3. The molecule has 0 aliphatic rings. The van der Waals surface area contributed by atoms with Crippen molar-refractivity contribution in [1.29, 1.82) is 5.26 Å². The topological polar surface area (TPSA) is 102 Å². The van der Waals surface area contributed by atoms with Gasteiger partial charge in [0.1, 0.15) is 23.2 Å². The van der Waals surface area contributed by atoms with E-state index in [1.54, 1.807) is 63.8 Å². The average molecular weight is 452 g/mol. The number of hydrogen-bond donors (Lipinski definition) is 1. The summed E-state index contributed by atoms with van der Waals surface area (Å²) in [6.07, 6.45) is 1.84. The second-order valence-electron chi connectivity index (χ2n) is 8.46. The van der Waals surface area contributed by atoms with Gasteiger partial charge in [-0.3, -0.25) is 9.67 Å². The van der Waals surface area contributed by atoms with Gasteiger partial charge in [-0.1, -0.05) is 0 Å². The van der Waals surface area contributed by atoms with Gasteiger partial charge >= 0.3 is 6.09 Å². The molecule has 0 saturated carbocycles. The van der Waals surface area contributed by atoms with Crippen LogP contribution in [-0.4, -0.2) is 39.1 Å². The van der Waals surface area contributed by atoms with Crippen molar-refractivity contribution < 1.29 is 18.7 Å². The van der Waals surface area contributed by atoms with E-state index >= 15 is 0 Å². The summed E-state index contributed by atoms with van der Waals surface area (Å²) >= 11 is 0. The van der Waals surface area contributed by atoms with Gasteiger partial charge in [0.15, 0.2) is 5.75 Å². The third-order valence-electron chi connectivity index (χ3n) is 4.55. The van der Waals surface area contributed by atoms with Crippen LogP contribution in [0.3, 0.4) is 0 Å². The highest BCUT2D eigenvalue weighted by atomic mass is 19.1. The molecule has 0 spiro atoms. The fraction of sp³-hybridized carbons (Fsp3) is 0.333. The molecule has 0 aliphatic heterocycles. The normalized spacial score (nSPS) is 12.0. The van der Waals surface area contributed by atoms with Crippen LogP contribution >= 0.6 is 0 Å². The summed E-state index contributed by atoms with van der Waals surface area (Å²) in [5.74, 6) is 0.0563. The van der Waals surface area contributed by atoms with Crippen LogP contribution in [0.4, 0.5) is 9.18 Å². The van der Waals surface area contributed by atoms with Crippen molar-refractivity contribution in [2.75, 3.05) is 6.54 Å². The summed E-state index contributed by atoms with van der Waals surface area (Å²) in [5.41, 5.74) is 2.69. The Kier molecular flexibility index (Phi) is 6.97. The maximum absolute atomic E-state index is 13.4. The molecule has 1 unspecified atom stereocenters. The molecule has 1 atom stereocenters. The minimum atomic E-state index is -0.981. The number of carbonyl (C=O) groups is 1. The van der Waals surface area contributed by atoms with E-state index < -0.39 is 17.8 Å². The number of aromatic nitrogens is 3. The van der Waals surface area contributed by atoms with E-state index in [1.807, 2.05) is 12.3 Å². The van der Waals surface area contributed by atoms with Gasteiger partial charge in [-0.25, -0.2) is 9.18 Å². The second-order valence-corrected chi connectivity index (χ2v) is 8.46. The van der Waals surface area contributed by atoms with Gasteiger partial charge in [0.2, 0.25) is 6.10 Å². The first-order chi connectivity index (χ1) is 15.6. The molecule has 8 nitrogen and oxygen atoms in total. The minimum absolute atomic E-state index is 0.0724. The lowest BCUT2D eigenvalue weighted by atomic mass is 10.0. The van der Waals surface area contributed by atoms with Gasteiger partial charge in [0, 0.05) is 36.1 Å². The predicted molar refractivity (Wildman–Crippen MR) is 121 cm³/mol. The third-order valence-corrected chi connectivity index (χ3v) is 4.55. The van der Waals surface area contributed by atoms with Gasteiger partial charge in [0.05, 0.1) is 12.2 Å². The lowest BCUT2D eigenvalue weighted by Crippen LogP contribution is -2.38. The number of amides is 1. The summed E-state index contributed by atoms with van der Waals surface area (Å²) < 4.78 is 26.3. The monoisotopic (exact) mass is 451 g/mol. The number of alkyl carbamates (subject to hydrolysis) is 1. The van der Waals surface area contributed by atoms with Gasteiger partial charge in [0.25, 0.3) is 0 Å². The van der Waals surface area contributed by atoms with Crippen LogP contribution in [0.1, 0.15) is 26.5 Å². The Hall–Kier alpha value is -3.93. The van der Waals surface area contributed by atoms with Crippen LogP contribution in [0.5, 0.6) is 5.75 Å². The second kappa shape index (κ2) is 9.69. The van der Waals surface area contributed by atoms with Crippen molar-refractivity contribution in [3.63, 3.8) is 0 Å². The Morgan fingerprint density at radius 3 is 2.58 bits per heavy atom. The molecule has 172 valence electrons. The number of rotatable bonds is 6. The van der Waals surface area contributed by atoms with Gasteiger partial charge in [-0.2, -0.15) is 10.4 Å². The van der Waals surface area contributed by atoms with Gasteiger partial charge in [-0.05, 0) is 58.0 Å². The fourth-order valence-corrected chi connectivity index (χ4v) is 3.17. The molecule has 1 aromatic carbocycles. The number of hydrogen-bond acceptors (Lipinski definition) is 6.